The Labute approximate surface area is 125 Å². The number of rotatable bonds is 7. The highest BCUT2D eigenvalue weighted by Gasteiger charge is 2.17. The van der Waals surface area contributed by atoms with Crippen LogP contribution in [0.15, 0.2) is 17.0 Å². The molecular formula is C14H21ClO4S. The first-order valence-electron chi connectivity index (χ1n) is 6.48. The lowest BCUT2D eigenvalue weighted by Crippen LogP contribution is -2.10. The van der Waals surface area contributed by atoms with Gasteiger partial charge in [-0.2, -0.15) is 0 Å². The predicted molar refractivity (Wildman–Crippen MR) is 80.1 cm³/mol. The lowest BCUT2D eigenvalue weighted by Gasteiger charge is -2.12. The molecule has 1 rings (SSSR count). The van der Waals surface area contributed by atoms with Crippen molar-refractivity contribution in [2.75, 3.05) is 19.8 Å². The summed E-state index contributed by atoms with van der Waals surface area (Å²) < 4.78 is 33.9. The van der Waals surface area contributed by atoms with Crippen molar-refractivity contribution in [3.63, 3.8) is 0 Å². The zero-order valence-corrected chi connectivity index (χ0v) is 13.8. The predicted octanol–water partition coefficient (Wildman–Crippen LogP) is 3.28. The second-order valence-corrected chi connectivity index (χ2v) is 7.64. The van der Waals surface area contributed by atoms with Gasteiger partial charge in [0.05, 0.1) is 11.5 Å². The molecule has 0 heterocycles. The van der Waals surface area contributed by atoms with E-state index in [1.807, 2.05) is 0 Å². The Hall–Kier alpha value is -0.780. The standard InChI is InChI=1S/C14H21ClO4S/c1-10(2)9-18-5-6-19-13-7-11(3)14(12(4)8-13)20(15,16)17/h7-8,10H,5-6,9H2,1-4H3. The molecular weight excluding hydrogens is 300 g/mol. The van der Waals surface area contributed by atoms with Crippen LogP contribution >= 0.6 is 10.7 Å². The Morgan fingerprint density at radius 2 is 1.70 bits per heavy atom. The van der Waals surface area contributed by atoms with Crippen LogP contribution < -0.4 is 4.74 Å². The number of hydrogen-bond acceptors (Lipinski definition) is 4. The van der Waals surface area contributed by atoms with E-state index in [-0.39, 0.29) is 4.90 Å². The van der Waals surface area contributed by atoms with Crippen LogP contribution in [-0.4, -0.2) is 28.2 Å². The summed E-state index contributed by atoms with van der Waals surface area (Å²) in [6, 6.07) is 3.34. The van der Waals surface area contributed by atoms with Crippen molar-refractivity contribution < 1.29 is 17.9 Å². The van der Waals surface area contributed by atoms with E-state index < -0.39 is 9.05 Å². The smallest absolute Gasteiger partial charge is 0.261 e. The van der Waals surface area contributed by atoms with Gasteiger partial charge in [0.15, 0.2) is 0 Å². The Balaban J connectivity index is 2.66. The molecule has 0 unspecified atom stereocenters. The van der Waals surface area contributed by atoms with Gasteiger partial charge in [-0.25, -0.2) is 8.42 Å². The van der Waals surface area contributed by atoms with Crippen molar-refractivity contribution in [2.24, 2.45) is 5.92 Å². The maximum Gasteiger partial charge on any atom is 0.261 e. The maximum atomic E-state index is 11.5. The third-order valence-corrected chi connectivity index (χ3v) is 4.22. The molecule has 0 fully saturated rings. The van der Waals surface area contributed by atoms with E-state index >= 15 is 0 Å². The van der Waals surface area contributed by atoms with Crippen LogP contribution in [0.2, 0.25) is 0 Å². The van der Waals surface area contributed by atoms with Crippen molar-refractivity contribution in [1.82, 2.24) is 0 Å². The highest BCUT2D eigenvalue weighted by atomic mass is 35.7. The second kappa shape index (κ2) is 7.29. The van der Waals surface area contributed by atoms with Crippen LogP contribution in [0.5, 0.6) is 5.75 Å². The van der Waals surface area contributed by atoms with Crippen LogP contribution in [0.4, 0.5) is 0 Å². The zero-order chi connectivity index (χ0) is 15.3. The average molecular weight is 321 g/mol. The van der Waals surface area contributed by atoms with E-state index in [0.717, 1.165) is 0 Å². The molecule has 114 valence electrons. The molecule has 1 aromatic carbocycles. The van der Waals surface area contributed by atoms with Gasteiger partial charge in [-0.15, -0.1) is 0 Å². The summed E-state index contributed by atoms with van der Waals surface area (Å²) in [7, 11) is 1.68. The van der Waals surface area contributed by atoms with Gasteiger partial charge < -0.3 is 9.47 Å². The fourth-order valence-corrected chi connectivity index (χ4v) is 3.53. The Morgan fingerprint density at radius 1 is 1.15 bits per heavy atom. The highest BCUT2D eigenvalue weighted by molar-refractivity contribution is 8.13. The molecule has 4 nitrogen and oxygen atoms in total. The summed E-state index contributed by atoms with van der Waals surface area (Å²) in [6.07, 6.45) is 0. The Kier molecular flexibility index (Phi) is 6.30. The van der Waals surface area contributed by atoms with Gasteiger partial charge in [-0.05, 0) is 43.0 Å². The van der Waals surface area contributed by atoms with Crippen LogP contribution in [0.1, 0.15) is 25.0 Å². The first-order valence-corrected chi connectivity index (χ1v) is 8.79. The van der Waals surface area contributed by atoms with Gasteiger partial charge in [0.25, 0.3) is 9.05 Å². The topological polar surface area (TPSA) is 52.6 Å². The molecule has 1 aromatic rings. The number of halogens is 1. The van der Waals surface area contributed by atoms with Gasteiger partial charge in [0.1, 0.15) is 12.4 Å². The van der Waals surface area contributed by atoms with Crippen molar-refractivity contribution in [2.45, 2.75) is 32.6 Å². The summed E-state index contributed by atoms with van der Waals surface area (Å²) in [6.45, 7) is 9.20. The molecule has 6 heteroatoms. The van der Waals surface area contributed by atoms with E-state index in [2.05, 4.69) is 13.8 Å². The maximum absolute atomic E-state index is 11.5. The number of aryl methyl sites for hydroxylation is 2. The molecule has 0 saturated carbocycles. The van der Waals surface area contributed by atoms with Crippen molar-refractivity contribution in [3.05, 3.63) is 23.3 Å². The lowest BCUT2D eigenvalue weighted by atomic mass is 10.1. The molecule has 0 aromatic heterocycles. The van der Waals surface area contributed by atoms with E-state index in [4.69, 9.17) is 20.2 Å². The van der Waals surface area contributed by atoms with Crippen LogP contribution in [0.3, 0.4) is 0 Å². The summed E-state index contributed by atoms with van der Waals surface area (Å²) in [5.74, 6) is 1.12. The van der Waals surface area contributed by atoms with Gasteiger partial charge in [-0.3, -0.25) is 0 Å². The minimum atomic E-state index is -3.73. The van der Waals surface area contributed by atoms with E-state index in [9.17, 15) is 8.42 Å². The molecule has 0 atom stereocenters. The van der Waals surface area contributed by atoms with Crippen LogP contribution in [-0.2, 0) is 13.8 Å². The summed E-state index contributed by atoms with van der Waals surface area (Å²) in [5, 5.41) is 0. The van der Waals surface area contributed by atoms with Crippen molar-refractivity contribution >= 4 is 19.7 Å². The first kappa shape index (κ1) is 17.3. The monoisotopic (exact) mass is 320 g/mol. The SMILES string of the molecule is Cc1cc(OCCOCC(C)C)cc(C)c1S(=O)(=O)Cl. The summed E-state index contributed by atoms with van der Waals surface area (Å²) in [5.41, 5.74) is 1.16. The third kappa shape index (κ3) is 5.31. The Bertz CT molecular complexity index is 529. The van der Waals surface area contributed by atoms with Gasteiger partial charge in [0.2, 0.25) is 0 Å². The van der Waals surface area contributed by atoms with E-state index in [1.165, 1.54) is 0 Å². The number of hydrogen-bond donors (Lipinski definition) is 0. The molecule has 0 aliphatic heterocycles. The van der Waals surface area contributed by atoms with Gasteiger partial charge in [0, 0.05) is 17.3 Å². The Morgan fingerprint density at radius 3 is 2.15 bits per heavy atom. The molecule has 0 spiro atoms. The molecule has 0 aliphatic carbocycles. The van der Waals surface area contributed by atoms with Crippen LogP contribution in [0, 0.1) is 19.8 Å². The fraction of sp³-hybridized carbons (Fsp3) is 0.571. The quantitative estimate of drug-likeness (QED) is 0.571. The van der Waals surface area contributed by atoms with Crippen LogP contribution in [0.25, 0.3) is 0 Å². The largest absolute Gasteiger partial charge is 0.491 e. The molecule has 0 bridgehead atoms. The summed E-state index contributed by atoms with van der Waals surface area (Å²) in [4.78, 5) is 0.155. The second-order valence-electron chi connectivity index (χ2n) is 5.14. The zero-order valence-electron chi connectivity index (χ0n) is 12.3. The minimum Gasteiger partial charge on any atom is -0.491 e. The number of benzene rings is 1. The molecule has 20 heavy (non-hydrogen) atoms. The lowest BCUT2D eigenvalue weighted by molar-refractivity contribution is 0.0818. The average Bonchev–Trinajstić information content (AvgIpc) is 2.24. The highest BCUT2D eigenvalue weighted by Crippen LogP contribution is 2.28. The molecule has 0 radical (unpaired) electrons. The van der Waals surface area contributed by atoms with E-state index in [1.54, 1.807) is 26.0 Å². The minimum absolute atomic E-state index is 0.155. The molecule has 0 N–H and O–H groups in total. The fourth-order valence-electron chi connectivity index (χ4n) is 1.92. The molecule has 0 aliphatic rings. The normalized spacial score (nSPS) is 11.9. The van der Waals surface area contributed by atoms with Gasteiger partial charge in [-0.1, -0.05) is 13.8 Å². The molecule has 0 amide bonds. The van der Waals surface area contributed by atoms with Crippen molar-refractivity contribution in [1.29, 1.82) is 0 Å². The first-order chi connectivity index (χ1) is 9.21. The number of ether oxygens (including phenoxy) is 2. The van der Waals surface area contributed by atoms with Crippen molar-refractivity contribution in [3.8, 4) is 5.75 Å². The molecule has 0 saturated heterocycles. The third-order valence-electron chi connectivity index (χ3n) is 2.63. The van der Waals surface area contributed by atoms with E-state index in [0.29, 0.717) is 42.6 Å². The summed E-state index contributed by atoms with van der Waals surface area (Å²) >= 11 is 0. The van der Waals surface area contributed by atoms with Gasteiger partial charge >= 0.3 is 0 Å².